The van der Waals surface area contributed by atoms with Crippen LogP contribution in [-0.4, -0.2) is 16.4 Å². The van der Waals surface area contributed by atoms with Crippen LogP contribution in [-0.2, 0) is 13.1 Å². The second-order valence-corrected chi connectivity index (χ2v) is 5.42. The van der Waals surface area contributed by atoms with E-state index in [1.165, 1.54) is 11.1 Å². The second-order valence-electron chi connectivity index (χ2n) is 4.90. The van der Waals surface area contributed by atoms with E-state index in [1.54, 1.807) is 0 Å². The van der Waals surface area contributed by atoms with Crippen molar-refractivity contribution in [1.29, 1.82) is 0 Å². The molecule has 0 atom stereocenters. The summed E-state index contributed by atoms with van der Waals surface area (Å²) in [4.78, 5) is 2.96. The van der Waals surface area contributed by atoms with Gasteiger partial charge in [0.05, 0.1) is 4.99 Å². The number of thiocarbonyl (C=S) groups is 1. The van der Waals surface area contributed by atoms with Crippen LogP contribution in [0.1, 0.15) is 17.5 Å². The molecule has 2 N–H and O–H groups in total. The quantitative estimate of drug-likeness (QED) is 0.791. The summed E-state index contributed by atoms with van der Waals surface area (Å²) < 4.78 is 0. The number of nitrogens with zero attached hydrogens (tertiary/aromatic N) is 1. The van der Waals surface area contributed by atoms with Crippen LogP contribution in [0.4, 0.5) is 0 Å². The van der Waals surface area contributed by atoms with Crippen molar-refractivity contribution in [3.8, 4) is 0 Å². The SMILES string of the molecule is NC(=S)CCN(Cc1ccccc1)Cc1ccccc1. The Morgan fingerprint density at radius 1 is 0.850 bits per heavy atom. The molecule has 2 aromatic rings. The lowest BCUT2D eigenvalue weighted by Gasteiger charge is -2.22. The summed E-state index contributed by atoms with van der Waals surface area (Å²) in [5.74, 6) is 0. The van der Waals surface area contributed by atoms with Gasteiger partial charge in [0, 0.05) is 26.1 Å². The van der Waals surface area contributed by atoms with E-state index in [4.69, 9.17) is 18.0 Å². The highest BCUT2D eigenvalue weighted by Crippen LogP contribution is 2.10. The maximum atomic E-state index is 5.63. The molecule has 0 aromatic heterocycles. The molecule has 0 radical (unpaired) electrons. The third-order valence-corrected chi connectivity index (χ3v) is 3.38. The fourth-order valence-electron chi connectivity index (χ4n) is 2.17. The molecule has 0 saturated heterocycles. The molecule has 2 aromatic carbocycles. The van der Waals surface area contributed by atoms with Crippen LogP contribution >= 0.6 is 12.2 Å². The predicted molar refractivity (Wildman–Crippen MR) is 88.4 cm³/mol. The molecule has 0 heterocycles. The summed E-state index contributed by atoms with van der Waals surface area (Å²) in [7, 11) is 0. The van der Waals surface area contributed by atoms with Crippen LogP contribution in [0.2, 0.25) is 0 Å². The summed E-state index contributed by atoms with van der Waals surface area (Å²) in [6, 6.07) is 21.0. The lowest BCUT2D eigenvalue weighted by molar-refractivity contribution is 0.264. The third kappa shape index (κ3) is 5.11. The summed E-state index contributed by atoms with van der Waals surface area (Å²) in [6.45, 7) is 2.72. The van der Waals surface area contributed by atoms with Gasteiger partial charge in [0.1, 0.15) is 0 Å². The third-order valence-electron chi connectivity index (χ3n) is 3.17. The molecule has 3 heteroatoms. The van der Waals surface area contributed by atoms with Crippen molar-refractivity contribution in [2.24, 2.45) is 5.73 Å². The monoisotopic (exact) mass is 284 g/mol. The summed E-state index contributed by atoms with van der Waals surface area (Å²) in [5, 5.41) is 0. The van der Waals surface area contributed by atoms with Crippen molar-refractivity contribution in [3.63, 3.8) is 0 Å². The van der Waals surface area contributed by atoms with E-state index < -0.39 is 0 Å². The topological polar surface area (TPSA) is 29.3 Å². The van der Waals surface area contributed by atoms with Crippen LogP contribution in [0.5, 0.6) is 0 Å². The number of rotatable bonds is 7. The average Bonchev–Trinajstić information content (AvgIpc) is 2.47. The van der Waals surface area contributed by atoms with Gasteiger partial charge in [-0.25, -0.2) is 0 Å². The van der Waals surface area contributed by atoms with Crippen LogP contribution in [0.3, 0.4) is 0 Å². The van der Waals surface area contributed by atoms with Crippen molar-refractivity contribution < 1.29 is 0 Å². The molecule has 0 unspecified atom stereocenters. The Hall–Kier alpha value is -1.71. The van der Waals surface area contributed by atoms with Crippen LogP contribution in [0.15, 0.2) is 60.7 Å². The lowest BCUT2D eigenvalue weighted by Crippen LogP contribution is -2.27. The number of hydrogen-bond donors (Lipinski definition) is 1. The van der Waals surface area contributed by atoms with Gasteiger partial charge in [0.25, 0.3) is 0 Å². The fourth-order valence-corrected chi connectivity index (χ4v) is 2.26. The Labute approximate surface area is 126 Å². The highest BCUT2D eigenvalue weighted by Gasteiger charge is 2.07. The molecule has 0 aliphatic rings. The molecular weight excluding hydrogens is 264 g/mol. The number of nitrogens with two attached hydrogens (primary N) is 1. The van der Waals surface area contributed by atoms with Gasteiger partial charge in [-0.3, -0.25) is 4.90 Å². The van der Waals surface area contributed by atoms with Gasteiger partial charge in [-0.05, 0) is 11.1 Å². The highest BCUT2D eigenvalue weighted by molar-refractivity contribution is 7.80. The zero-order chi connectivity index (χ0) is 14.2. The normalized spacial score (nSPS) is 10.7. The van der Waals surface area contributed by atoms with E-state index in [9.17, 15) is 0 Å². The van der Waals surface area contributed by atoms with Gasteiger partial charge in [-0.2, -0.15) is 0 Å². The van der Waals surface area contributed by atoms with Crippen LogP contribution in [0.25, 0.3) is 0 Å². The van der Waals surface area contributed by atoms with Crippen molar-refractivity contribution in [2.75, 3.05) is 6.54 Å². The van der Waals surface area contributed by atoms with Gasteiger partial charge in [-0.1, -0.05) is 72.9 Å². The Kier molecular flexibility index (Phi) is 5.71. The molecule has 20 heavy (non-hydrogen) atoms. The van der Waals surface area contributed by atoms with Gasteiger partial charge < -0.3 is 5.73 Å². The van der Waals surface area contributed by atoms with Gasteiger partial charge in [0.15, 0.2) is 0 Å². The average molecular weight is 284 g/mol. The lowest BCUT2D eigenvalue weighted by atomic mass is 10.1. The summed E-state index contributed by atoms with van der Waals surface area (Å²) >= 11 is 4.99. The van der Waals surface area contributed by atoms with Gasteiger partial charge in [-0.15, -0.1) is 0 Å². The van der Waals surface area contributed by atoms with Gasteiger partial charge >= 0.3 is 0 Å². The molecule has 0 spiro atoms. The van der Waals surface area contributed by atoms with E-state index >= 15 is 0 Å². The van der Waals surface area contributed by atoms with Gasteiger partial charge in [0.2, 0.25) is 0 Å². The first-order valence-electron chi connectivity index (χ1n) is 6.82. The Morgan fingerprint density at radius 3 is 1.70 bits per heavy atom. The first-order chi connectivity index (χ1) is 9.74. The molecule has 104 valence electrons. The summed E-state index contributed by atoms with van der Waals surface area (Å²) in [5.41, 5.74) is 8.26. The Balaban J connectivity index is 2.02. The van der Waals surface area contributed by atoms with Crippen molar-refractivity contribution in [2.45, 2.75) is 19.5 Å². The minimum absolute atomic E-state index is 0.580. The van der Waals surface area contributed by atoms with E-state index in [1.807, 2.05) is 12.1 Å². The van der Waals surface area contributed by atoms with Crippen molar-refractivity contribution >= 4 is 17.2 Å². The number of benzene rings is 2. The van der Waals surface area contributed by atoms with E-state index in [0.29, 0.717) is 4.99 Å². The first kappa shape index (κ1) is 14.7. The maximum Gasteiger partial charge on any atom is 0.0740 e. The van der Waals surface area contributed by atoms with Crippen LogP contribution in [0, 0.1) is 0 Å². The summed E-state index contributed by atoms with van der Waals surface area (Å²) in [6.07, 6.45) is 0.759. The number of hydrogen-bond acceptors (Lipinski definition) is 2. The smallest absolute Gasteiger partial charge is 0.0740 e. The second kappa shape index (κ2) is 7.78. The molecule has 0 bridgehead atoms. The molecule has 0 saturated carbocycles. The maximum absolute atomic E-state index is 5.63. The molecule has 2 nitrogen and oxygen atoms in total. The zero-order valence-electron chi connectivity index (χ0n) is 11.5. The first-order valence-corrected chi connectivity index (χ1v) is 7.23. The largest absolute Gasteiger partial charge is 0.393 e. The van der Waals surface area contributed by atoms with Crippen molar-refractivity contribution in [3.05, 3.63) is 71.8 Å². The van der Waals surface area contributed by atoms with E-state index in [0.717, 1.165) is 26.1 Å². The Bertz CT molecular complexity index is 484. The molecular formula is C17H20N2S. The molecule has 2 rings (SSSR count). The minimum atomic E-state index is 0.580. The molecule has 0 aliphatic carbocycles. The minimum Gasteiger partial charge on any atom is -0.393 e. The zero-order valence-corrected chi connectivity index (χ0v) is 12.4. The van der Waals surface area contributed by atoms with Crippen molar-refractivity contribution in [1.82, 2.24) is 4.90 Å². The molecule has 0 fully saturated rings. The predicted octanol–water partition coefficient (Wildman–Crippen LogP) is 3.37. The molecule has 0 amide bonds. The Morgan fingerprint density at radius 2 is 1.30 bits per heavy atom. The standard InChI is InChI=1S/C17H20N2S/c18-17(20)11-12-19(13-15-7-3-1-4-8-15)14-16-9-5-2-6-10-16/h1-10H,11-14H2,(H2,18,20). The van der Waals surface area contributed by atoms with E-state index in [2.05, 4.69) is 53.4 Å². The fraction of sp³-hybridized carbons (Fsp3) is 0.235. The van der Waals surface area contributed by atoms with Crippen LogP contribution < -0.4 is 5.73 Å². The highest BCUT2D eigenvalue weighted by atomic mass is 32.1. The molecule has 0 aliphatic heterocycles. The van der Waals surface area contributed by atoms with E-state index in [-0.39, 0.29) is 0 Å².